The third-order valence-corrected chi connectivity index (χ3v) is 6.46. The van der Waals surface area contributed by atoms with Crippen molar-refractivity contribution in [3.63, 3.8) is 0 Å². The molecule has 7 heteroatoms. The Morgan fingerprint density at radius 1 is 1.00 bits per heavy atom. The number of rotatable bonds is 9. The number of thiazole rings is 1. The van der Waals surface area contributed by atoms with Gasteiger partial charge in [0.2, 0.25) is 0 Å². The summed E-state index contributed by atoms with van der Waals surface area (Å²) in [7, 11) is 0. The van der Waals surface area contributed by atoms with Crippen LogP contribution >= 0.6 is 23.7 Å². The van der Waals surface area contributed by atoms with Gasteiger partial charge in [0, 0.05) is 18.7 Å². The summed E-state index contributed by atoms with van der Waals surface area (Å²) in [6, 6.07) is 11.8. The fourth-order valence-electron chi connectivity index (χ4n) is 3.36. The van der Waals surface area contributed by atoms with Crippen LogP contribution in [0.4, 0.5) is 5.13 Å². The number of fused-ring (bicyclic) bond motifs is 1. The molecule has 0 spiro atoms. The molecule has 0 saturated heterocycles. The minimum absolute atomic E-state index is 0. The molecule has 0 aliphatic rings. The van der Waals surface area contributed by atoms with E-state index < -0.39 is 0 Å². The van der Waals surface area contributed by atoms with Gasteiger partial charge in [-0.05, 0) is 75.3 Å². The summed E-state index contributed by atoms with van der Waals surface area (Å²) < 4.78 is 6.65. The predicted octanol–water partition coefficient (Wildman–Crippen LogP) is 5.72. The van der Waals surface area contributed by atoms with Gasteiger partial charge in [0.05, 0.1) is 16.8 Å². The number of carbonyl (C=O) groups is 1. The molecule has 0 atom stereocenters. The lowest BCUT2D eigenvalue weighted by molar-refractivity contribution is 0.0983. The normalized spacial score (nSPS) is 10.9. The Labute approximate surface area is 195 Å². The standard InChI is InChI=1S/C24H31N3O2S.ClH/c1-6-26(7-2)13-14-27(23(28)19-10-9-17(4)18(5)15-19)24-25-21-12-11-20(29-8-3)16-22(21)30-24;/h9-12,15-16H,6-8,13-14H2,1-5H3;1H. The van der Waals surface area contributed by atoms with E-state index in [-0.39, 0.29) is 18.3 Å². The highest BCUT2D eigenvalue weighted by Gasteiger charge is 2.22. The number of amides is 1. The maximum absolute atomic E-state index is 13.5. The quantitative estimate of drug-likeness (QED) is 0.408. The summed E-state index contributed by atoms with van der Waals surface area (Å²) in [6.45, 7) is 14.3. The lowest BCUT2D eigenvalue weighted by Gasteiger charge is -2.25. The zero-order valence-corrected chi connectivity index (χ0v) is 20.6. The van der Waals surface area contributed by atoms with Crippen LogP contribution in [0.15, 0.2) is 36.4 Å². The molecule has 1 heterocycles. The van der Waals surface area contributed by atoms with Crippen LogP contribution in [0.5, 0.6) is 5.75 Å². The molecule has 0 radical (unpaired) electrons. The number of hydrogen-bond acceptors (Lipinski definition) is 5. The summed E-state index contributed by atoms with van der Waals surface area (Å²) >= 11 is 1.54. The number of carbonyl (C=O) groups excluding carboxylic acids is 1. The summed E-state index contributed by atoms with van der Waals surface area (Å²) in [5.74, 6) is 0.824. The third-order valence-electron chi connectivity index (χ3n) is 5.42. The number of aromatic nitrogens is 1. The smallest absolute Gasteiger partial charge is 0.260 e. The molecule has 5 nitrogen and oxygen atoms in total. The minimum Gasteiger partial charge on any atom is -0.494 e. The fourth-order valence-corrected chi connectivity index (χ4v) is 4.38. The topological polar surface area (TPSA) is 45.7 Å². The summed E-state index contributed by atoms with van der Waals surface area (Å²) in [5.41, 5.74) is 3.89. The molecule has 0 aliphatic carbocycles. The van der Waals surface area contributed by atoms with Crippen molar-refractivity contribution in [3.8, 4) is 5.75 Å². The first-order chi connectivity index (χ1) is 14.5. The molecule has 0 aliphatic heterocycles. The van der Waals surface area contributed by atoms with Crippen molar-refractivity contribution >= 4 is 45.0 Å². The molecular weight excluding hydrogens is 430 g/mol. The maximum atomic E-state index is 13.5. The molecule has 1 aromatic heterocycles. The van der Waals surface area contributed by atoms with E-state index in [1.807, 2.05) is 55.1 Å². The largest absolute Gasteiger partial charge is 0.494 e. The first-order valence-electron chi connectivity index (χ1n) is 10.6. The van der Waals surface area contributed by atoms with E-state index in [0.717, 1.165) is 46.3 Å². The Morgan fingerprint density at radius 3 is 2.39 bits per heavy atom. The molecule has 0 N–H and O–H groups in total. The van der Waals surface area contributed by atoms with Gasteiger partial charge in [-0.2, -0.15) is 0 Å². The highest BCUT2D eigenvalue weighted by atomic mass is 35.5. The number of anilines is 1. The number of halogens is 1. The molecule has 0 fully saturated rings. The zero-order valence-electron chi connectivity index (χ0n) is 19.0. The molecule has 2 aromatic carbocycles. The van der Waals surface area contributed by atoms with Gasteiger partial charge in [-0.1, -0.05) is 31.3 Å². The van der Waals surface area contributed by atoms with Gasteiger partial charge in [0.15, 0.2) is 5.13 Å². The van der Waals surface area contributed by atoms with Crippen molar-refractivity contribution < 1.29 is 9.53 Å². The molecule has 168 valence electrons. The van der Waals surface area contributed by atoms with E-state index >= 15 is 0 Å². The second-order valence-electron chi connectivity index (χ2n) is 7.34. The SMILES string of the molecule is CCOc1ccc2nc(N(CCN(CC)CC)C(=O)c3ccc(C)c(C)c3)sc2c1.Cl. The Kier molecular flexibility index (Phi) is 9.29. The first kappa shape index (κ1) is 25.1. The molecule has 3 aromatic rings. The van der Waals surface area contributed by atoms with Crippen molar-refractivity contribution in [2.45, 2.75) is 34.6 Å². The number of ether oxygens (including phenoxy) is 1. The van der Waals surface area contributed by atoms with Crippen LogP contribution in [-0.4, -0.2) is 48.6 Å². The van der Waals surface area contributed by atoms with Crippen molar-refractivity contribution in [1.82, 2.24) is 9.88 Å². The molecular formula is C24H32ClN3O2S. The third kappa shape index (κ3) is 5.97. The van der Waals surface area contributed by atoms with Crippen LogP contribution < -0.4 is 9.64 Å². The fraction of sp³-hybridized carbons (Fsp3) is 0.417. The van der Waals surface area contributed by atoms with Gasteiger partial charge in [-0.25, -0.2) is 4.98 Å². The predicted molar refractivity (Wildman–Crippen MR) is 133 cm³/mol. The molecule has 0 bridgehead atoms. The average molecular weight is 462 g/mol. The number of nitrogens with zero attached hydrogens (tertiary/aromatic N) is 3. The molecule has 0 saturated carbocycles. The Bertz CT molecular complexity index is 1020. The Hall–Kier alpha value is -2.15. The number of hydrogen-bond donors (Lipinski definition) is 0. The highest BCUT2D eigenvalue weighted by Crippen LogP contribution is 2.32. The minimum atomic E-state index is -0.00524. The van der Waals surface area contributed by atoms with E-state index in [1.54, 1.807) is 0 Å². The van der Waals surface area contributed by atoms with E-state index in [9.17, 15) is 4.79 Å². The summed E-state index contributed by atoms with van der Waals surface area (Å²) in [6.07, 6.45) is 0. The van der Waals surface area contributed by atoms with Gasteiger partial charge in [0.1, 0.15) is 5.75 Å². The first-order valence-corrected chi connectivity index (χ1v) is 11.4. The van der Waals surface area contributed by atoms with Crippen LogP contribution in [0.3, 0.4) is 0 Å². The van der Waals surface area contributed by atoms with E-state index in [0.29, 0.717) is 18.7 Å². The van der Waals surface area contributed by atoms with Gasteiger partial charge >= 0.3 is 0 Å². The van der Waals surface area contributed by atoms with Gasteiger partial charge in [-0.3, -0.25) is 9.69 Å². The van der Waals surface area contributed by atoms with Crippen LogP contribution in [0.2, 0.25) is 0 Å². The van der Waals surface area contributed by atoms with Crippen LogP contribution in [0, 0.1) is 13.8 Å². The van der Waals surface area contributed by atoms with Crippen molar-refractivity contribution in [1.29, 1.82) is 0 Å². The number of benzene rings is 2. The highest BCUT2D eigenvalue weighted by molar-refractivity contribution is 7.22. The van der Waals surface area contributed by atoms with E-state index in [2.05, 4.69) is 25.7 Å². The van der Waals surface area contributed by atoms with E-state index in [4.69, 9.17) is 9.72 Å². The number of aryl methyl sites for hydroxylation is 2. The van der Waals surface area contributed by atoms with Crippen LogP contribution in [0.1, 0.15) is 42.3 Å². The summed E-state index contributed by atoms with van der Waals surface area (Å²) in [5, 5.41) is 0.731. The lowest BCUT2D eigenvalue weighted by Crippen LogP contribution is -2.38. The van der Waals surface area contributed by atoms with Crippen LogP contribution in [-0.2, 0) is 0 Å². The van der Waals surface area contributed by atoms with Crippen molar-refractivity contribution in [2.24, 2.45) is 0 Å². The second-order valence-corrected chi connectivity index (χ2v) is 8.35. The Balaban J connectivity index is 0.00000341. The van der Waals surface area contributed by atoms with Gasteiger partial charge in [0.25, 0.3) is 5.91 Å². The molecule has 1 amide bonds. The summed E-state index contributed by atoms with van der Waals surface area (Å²) in [4.78, 5) is 22.4. The second kappa shape index (κ2) is 11.5. The monoisotopic (exact) mass is 461 g/mol. The van der Waals surface area contributed by atoms with Crippen molar-refractivity contribution in [3.05, 3.63) is 53.1 Å². The van der Waals surface area contributed by atoms with Crippen LogP contribution in [0.25, 0.3) is 10.2 Å². The van der Waals surface area contributed by atoms with E-state index in [1.165, 1.54) is 16.9 Å². The lowest BCUT2D eigenvalue weighted by atomic mass is 10.1. The zero-order chi connectivity index (χ0) is 21.7. The maximum Gasteiger partial charge on any atom is 0.260 e. The van der Waals surface area contributed by atoms with Gasteiger partial charge in [-0.15, -0.1) is 12.4 Å². The van der Waals surface area contributed by atoms with Crippen molar-refractivity contribution in [2.75, 3.05) is 37.7 Å². The molecule has 3 rings (SSSR count). The van der Waals surface area contributed by atoms with Gasteiger partial charge < -0.3 is 9.64 Å². The molecule has 31 heavy (non-hydrogen) atoms. The Morgan fingerprint density at radius 2 is 1.74 bits per heavy atom. The molecule has 0 unspecified atom stereocenters. The average Bonchev–Trinajstić information content (AvgIpc) is 3.16. The number of likely N-dealkylation sites (N-methyl/N-ethyl adjacent to an activating group) is 1.